The van der Waals surface area contributed by atoms with Gasteiger partial charge in [-0.05, 0) is 79.0 Å². The Morgan fingerprint density at radius 1 is 1.27 bits per heavy atom. The molecular weight excluding hydrogens is 798 g/mol. The molecule has 3 amide bonds. The van der Waals surface area contributed by atoms with Gasteiger partial charge in [0.05, 0.1) is 31.2 Å². The summed E-state index contributed by atoms with van der Waals surface area (Å²) in [5.41, 5.74) is 5.54. The van der Waals surface area contributed by atoms with Gasteiger partial charge in [-0.3, -0.25) is 14.9 Å². The van der Waals surface area contributed by atoms with Crippen molar-refractivity contribution in [2.24, 2.45) is 11.8 Å². The fourth-order valence-corrected chi connectivity index (χ4v) is 7.70. The number of aliphatic hydroxyl groups is 1. The fourth-order valence-electron chi connectivity index (χ4n) is 7.01. The molecule has 55 heavy (non-hydrogen) atoms. The van der Waals surface area contributed by atoms with Crippen LogP contribution < -0.4 is 20.7 Å². The molecule has 5 rings (SSSR count). The number of methoxy groups -OCH3 is 1. The van der Waals surface area contributed by atoms with E-state index in [0.29, 0.717) is 28.0 Å². The second-order valence-corrected chi connectivity index (χ2v) is 15.8. The Balaban J connectivity index is 1.52. The predicted molar refractivity (Wildman–Crippen MR) is 210 cm³/mol. The number of allylic oxidation sites excluding steroid dienone is 3. The van der Waals surface area contributed by atoms with Crippen molar-refractivity contribution in [1.82, 2.24) is 10.2 Å². The number of fused-ring (bicyclic) bond motifs is 5. The Morgan fingerprint density at radius 2 is 1.98 bits per heavy atom. The van der Waals surface area contributed by atoms with Crippen LogP contribution in [0.4, 0.5) is 16.2 Å². The number of nitrogens with zero attached hydrogens (tertiary/aromatic N) is 2. The number of hydrogen-bond acceptors (Lipinski definition) is 11. The molecule has 0 aliphatic carbocycles. The summed E-state index contributed by atoms with van der Waals surface area (Å²) >= 11 is 10.1. The van der Waals surface area contributed by atoms with Crippen LogP contribution in [-0.4, -0.2) is 97.0 Å². The van der Waals surface area contributed by atoms with Crippen LogP contribution in [0.3, 0.4) is 0 Å². The van der Waals surface area contributed by atoms with Crippen molar-refractivity contribution in [3.8, 4) is 5.75 Å². The Labute approximate surface area is 333 Å². The molecule has 3 aliphatic rings. The summed E-state index contributed by atoms with van der Waals surface area (Å²) in [6.45, 7) is 6.87. The molecule has 2 saturated heterocycles. The molecule has 0 spiro atoms. The minimum Gasteiger partial charge on any atom is -0.495 e. The second-order valence-electron chi connectivity index (χ2n) is 14.6. The first-order valence-electron chi connectivity index (χ1n) is 17.7. The van der Waals surface area contributed by atoms with E-state index in [-0.39, 0.29) is 23.4 Å². The number of amides is 3. The summed E-state index contributed by atoms with van der Waals surface area (Å²) in [5, 5.41) is 22.5. The van der Waals surface area contributed by atoms with Crippen LogP contribution in [0.25, 0.3) is 0 Å². The zero-order chi connectivity index (χ0) is 40.6. The highest BCUT2D eigenvalue weighted by molar-refractivity contribution is 9.10. The van der Waals surface area contributed by atoms with Crippen molar-refractivity contribution in [3.63, 3.8) is 0 Å². The largest absolute Gasteiger partial charge is 0.495 e. The molecule has 0 aromatic heterocycles. The average Bonchev–Trinajstić information content (AvgIpc) is 3.84. The lowest BCUT2D eigenvalue weighted by molar-refractivity contribution is -0.158. The number of alkyl carbamates (subject to hydrolysis) is 1. The van der Waals surface area contributed by atoms with Crippen LogP contribution in [0.15, 0.2) is 58.6 Å². The van der Waals surface area contributed by atoms with Crippen molar-refractivity contribution < 1.29 is 43.2 Å². The number of esters is 1. The van der Waals surface area contributed by atoms with Gasteiger partial charge >= 0.3 is 12.1 Å². The maximum Gasteiger partial charge on any atom is 0.409 e. The van der Waals surface area contributed by atoms with Gasteiger partial charge in [0.2, 0.25) is 5.91 Å². The summed E-state index contributed by atoms with van der Waals surface area (Å²) in [5.74, 6) is -2.85. The Morgan fingerprint density at radius 3 is 2.64 bits per heavy atom. The van der Waals surface area contributed by atoms with Crippen LogP contribution in [0.1, 0.15) is 56.5 Å². The van der Waals surface area contributed by atoms with E-state index in [2.05, 4.69) is 21.2 Å². The van der Waals surface area contributed by atoms with Crippen molar-refractivity contribution in [3.05, 3.63) is 74.8 Å². The minimum atomic E-state index is -1.86. The standard InChI is InChI=1S/C39H47BrClN5O9/c1-20-9-8-10-25(19-42)39(51)18-30(53-37(50)44-39)21(2)34-38(4,55-34)31(17-32(47)46(6)28-14-23(13-20)15-29(52-7)33(28)41)54-36(49)22(3)45(5)35(48)24-11-12-27(43)26(40)16-24/h8-12,14-16,19,21-22,25,30-31,34,42,51H,13,17-18,43H2,1-7H3,(H,44,50)/b10-8+,20-9+,42-19?/t21-,22+,25+,30+,31+,34+,38+,39+/m1/s1. The number of carbonyl (C=O) groups is 4. The van der Waals surface area contributed by atoms with Crippen molar-refractivity contribution in [2.75, 3.05) is 31.8 Å². The highest BCUT2D eigenvalue weighted by atomic mass is 79.9. The molecule has 3 aliphatic heterocycles. The molecule has 16 heteroatoms. The number of rotatable bonds is 6. The van der Waals surface area contributed by atoms with Gasteiger partial charge in [0.15, 0.2) is 5.72 Å². The summed E-state index contributed by atoms with van der Waals surface area (Å²) in [4.78, 5) is 56.9. The molecule has 8 atom stereocenters. The molecule has 2 aromatic rings. The van der Waals surface area contributed by atoms with E-state index in [1.165, 1.54) is 30.9 Å². The Kier molecular flexibility index (Phi) is 12.4. The van der Waals surface area contributed by atoms with E-state index in [0.717, 1.165) is 17.4 Å². The van der Waals surface area contributed by atoms with Crippen LogP contribution in [0.2, 0.25) is 5.02 Å². The number of benzene rings is 2. The highest BCUT2D eigenvalue weighted by Crippen LogP contribution is 2.49. The van der Waals surface area contributed by atoms with E-state index in [1.54, 1.807) is 63.4 Å². The van der Waals surface area contributed by atoms with Crippen LogP contribution in [0.5, 0.6) is 5.75 Å². The molecule has 0 unspecified atom stereocenters. The number of nitrogen functional groups attached to an aromatic ring is 1. The van der Waals surface area contributed by atoms with Gasteiger partial charge in [-0.2, -0.15) is 0 Å². The van der Waals surface area contributed by atoms with Gasteiger partial charge < -0.3 is 45.0 Å². The first-order valence-corrected chi connectivity index (χ1v) is 18.9. The fraction of sp³-hybridized carbons (Fsp3) is 0.462. The number of epoxide rings is 1. The predicted octanol–water partition coefficient (Wildman–Crippen LogP) is 5.42. The SMILES string of the molecule is COc1cc2cc(c1Cl)N(C)C(=O)C[C@H](OC(=O)[C@H](C)N(C)C(=O)c1ccc(N)c(Br)c1)[C@]1(C)O[C@H]1[C@H](C)[C@@H]1C[C@@](O)(NC(=O)O1)[C@H](C=N)/C=C/C=C(\C)C2. The number of ether oxygens (including phenoxy) is 4. The summed E-state index contributed by atoms with van der Waals surface area (Å²) in [6.07, 6.45) is 2.55. The molecule has 5 N–H and O–H groups in total. The van der Waals surface area contributed by atoms with Gasteiger partial charge in [0, 0.05) is 48.4 Å². The van der Waals surface area contributed by atoms with E-state index in [9.17, 15) is 24.3 Å². The van der Waals surface area contributed by atoms with Gasteiger partial charge in [-0.25, -0.2) is 9.59 Å². The van der Waals surface area contributed by atoms with Gasteiger partial charge in [0.1, 0.15) is 34.6 Å². The number of hydrogen-bond donors (Lipinski definition) is 4. The van der Waals surface area contributed by atoms with Crippen LogP contribution in [0, 0.1) is 17.2 Å². The highest BCUT2D eigenvalue weighted by Gasteiger charge is 2.64. The number of nitrogens with two attached hydrogens (primary N) is 1. The normalized spacial score (nSPS) is 30.3. The Hall–Kier alpha value is -4.44. The number of halogens is 2. The molecule has 2 fully saturated rings. The minimum absolute atomic E-state index is 0.0929. The molecule has 0 radical (unpaired) electrons. The molecule has 3 heterocycles. The van der Waals surface area contributed by atoms with Crippen molar-refractivity contribution in [1.29, 1.82) is 5.41 Å². The van der Waals surface area contributed by atoms with E-state index >= 15 is 0 Å². The number of likely N-dealkylation sites (N-methyl/N-ethyl adjacent to an activating group) is 1. The zero-order valence-corrected chi connectivity index (χ0v) is 34.1. The van der Waals surface area contributed by atoms with Gasteiger partial charge in [0.25, 0.3) is 5.91 Å². The monoisotopic (exact) mass is 843 g/mol. The van der Waals surface area contributed by atoms with Crippen LogP contribution >= 0.6 is 27.5 Å². The quantitative estimate of drug-likeness (QED) is 0.126. The molecule has 0 saturated carbocycles. The van der Waals surface area contributed by atoms with E-state index in [4.69, 9.17) is 41.7 Å². The van der Waals surface area contributed by atoms with Gasteiger partial charge in [-0.1, -0.05) is 42.3 Å². The van der Waals surface area contributed by atoms with E-state index in [1.807, 2.05) is 13.0 Å². The average molecular weight is 845 g/mol. The Bertz CT molecular complexity index is 1940. The van der Waals surface area contributed by atoms with Gasteiger partial charge in [-0.15, -0.1) is 0 Å². The topological polar surface area (TPSA) is 197 Å². The van der Waals surface area contributed by atoms with Crippen LogP contribution in [-0.2, 0) is 30.2 Å². The third-order valence-electron chi connectivity index (χ3n) is 10.7. The van der Waals surface area contributed by atoms with Crippen molar-refractivity contribution in [2.45, 2.75) is 82.6 Å². The zero-order valence-electron chi connectivity index (χ0n) is 31.7. The molecule has 4 bridgehead atoms. The lowest BCUT2D eigenvalue weighted by atomic mass is 9.81. The number of carbonyl (C=O) groups excluding carboxylic acids is 4. The summed E-state index contributed by atoms with van der Waals surface area (Å²) in [6, 6.07) is 7.13. The smallest absolute Gasteiger partial charge is 0.409 e. The van der Waals surface area contributed by atoms with Crippen molar-refractivity contribution >= 4 is 69.0 Å². The number of anilines is 2. The first-order chi connectivity index (χ1) is 25.8. The third kappa shape index (κ3) is 8.69. The molecule has 14 nitrogen and oxygen atoms in total. The third-order valence-corrected chi connectivity index (χ3v) is 11.8. The lowest BCUT2D eigenvalue weighted by Crippen LogP contribution is -2.61. The maximum absolute atomic E-state index is 14.2. The second kappa shape index (κ2) is 16.3. The molecule has 296 valence electrons. The molecule has 2 aromatic carbocycles. The first kappa shape index (κ1) is 41.7. The molecular formula is C39H47BrClN5O9. The van der Waals surface area contributed by atoms with E-state index < -0.39 is 71.4 Å². The summed E-state index contributed by atoms with van der Waals surface area (Å²) in [7, 11) is 4.50. The summed E-state index contributed by atoms with van der Waals surface area (Å²) < 4.78 is 24.1. The maximum atomic E-state index is 14.2. The number of nitrogens with one attached hydrogen (secondary N) is 2. The lowest BCUT2D eigenvalue weighted by Gasteiger charge is -2.41.